The number of hydrogen-bond acceptors (Lipinski definition) is 7. The molecule has 0 saturated carbocycles. The first kappa shape index (κ1) is 28.3. The molecule has 37 heavy (non-hydrogen) atoms. The van der Waals surface area contributed by atoms with Gasteiger partial charge in [-0.25, -0.2) is 8.75 Å². The standard InChI is InChI=1S/C24H30FN5O5S2/c1-17-15-22(26-35-17)27-36(20-11-7-18(25)8-12-20,28-24(5,6)16-23(2,3)4)29-37(33,34)21-13-9-19(10-14-21)30(31)32/h7-15H,16H2,1-6H3,(H,26,27,28,29). The molecule has 200 valence electrons. The molecule has 1 N–H and O–H groups in total. The highest BCUT2D eigenvalue weighted by molar-refractivity contribution is 8.05. The van der Waals surface area contributed by atoms with Crippen LogP contribution in [0.4, 0.5) is 15.9 Å². The van der Waals surface area contributed by atoms with Gasteiger partial charge in [0.15, 0.2) is 5.82 Å². The van der Waals surface area contributed by atoms with Crippen LogP contribution in [0, 0.1) is 28.3 Å². The zero-order valence-electron chi connectivity index (χ0n) is 21.4. The molecule has 10 nitrogen and oxygen atoms in total. The average Bonchev–Trinajstić information content (AvgIpc) is 3.15. The lowest BCUT2D eigenvalue weighted by atomic mass is 9.82. The van der Waals surface area contributed by atoms with Crippen LogP contribution in [0.25, 0.3) is 0 Å². The normalized spacial score (nSPS) is 14.0. The molecule has 0 spiro atoms. The van der Waals surface area contributed by atoms with Gasteiger partial charge in [-0.1, -0.05) is 25.9 Å². The second-order valence-electron chi connectivity index (χ2n) is 10.4. The van der Waals surface area contributed by atoms with Crippen molar-refractivity contribution < 1.29 is 22.3 Å². The molecular weight excluding hydrogens is 521 g/mol. The van der Waals surface area contributed by atoms with E-state index in [0.29, 0.717) is 17.1 Å². The van der Waals surface area contributed by atoms with Crippen molar-refractivity contribution >= 4 is 31.3 Å². The summed E-state index contributed by atoms with van der Waals surface area (Å²) in [6, 6.07) is 11.2. The van der Waals surface area contributed by atoms with Crippen LogP contribution < -0.4 is 4.72 Å². The number of nitro benzene ring substituents is 1. The van der Waals surface area contributed by atoms with Crippen molar-refractivity contribution in [2.45, 2.75) is 63.3 Å². The summed E-state index contributed by atoms with van der Waals surface area (Å²) in [4.78, 5) is 10.5. The molecule has 1 heterocycles. The summed E-state index contributed by atoms with van der Waals surface area (Å²) in [5.74, 6) is 0.165. The minimum Gasteiger partial charge on any atom is -0.360 e. The summed E-state index contributed by atoms with van der Waals surface area (Å²) in [6.07, 6.45) is 0.572. The van der Waals surface area contributed by atoms with Gasteiger partial charge >= 0.3 is 0 Å². The van der Waals surface area contributed by atoms with Gasteiger partial charge < -0.3 is 4.52 Å². The summed E-state index contributed by atoms with van der Waals surface area (Å²) in [5.41, 5.74) is -1.21. The van der Waals surface area contributed by atoms with Gasteiger partial charge in [-0.05, 0) is 69.0 Å². The first-order valence-electron chi connectivity index (χ1n) is 11.3. The quantitative estimate of drug-likeness (QED) is 0.247. The largest absolute Gasteiger partial charge is 0.360 e. The number of aromatic nitrogens is 1. The zero-order valence-corrected chi connectivity index (χ0v) is 23.1. The predicted octanol–water partition coefficient (Wildman–Crippen LogP) is 6.54. The second-order valence-corrected chi connectivity index (χ2v) is 14.3. The molecular formula is C24H30FN5O5S2. The Morgan fingerprint density at radius 1 is 1.03 bits per heavy atom. The van der Waals surface area contributed by atoms with Crippen molar-refractivity contribution in [1.29, 1.82) is 0 Å². The van der Waals surface area contributed by atoms with Gasteiger partial charge in [0.25, 0.3) is 15.7 Å². The van der Waals surface area contributed by atoms with E-state index in [1.165, 1.54) is 24.3 Å². The molecule has 3 aromatic rings. The molecule has 1 atom stereocenters. The Balaban J connectivity index is 2.39. The summed E-state index contributed by atoms with van der Waals surface area (Å²) < 4.78 is 58.7. The Morgan fingerprint density at radius 2 is 1.59 bits per heavy atom. The van der Waals surface area contributed by atoms with E-state index in [0.717, 1.165) is 24.3 Å². The van der Waals surface area contributed by atoms with Gasteiger partial charge in [-0.2, -0.15) is 8.42 Å². The fourth-order valence-corrected chi connectivity index (χ4v) is 8.55. The smallest absolute Gasteiger partial charge is 0.290 e. The summed E-state index contributed by atoms with van der Waals surface area (Å²) in [7, 11) is -7.62. The molecule has 0 amide bonds. The number of sulfonamides is 1. The number of nitrogens with zero attached hydrogens (tertiary/aromatic N) is 4. The maximum absolute atomic E-state index is 13.9. The molecule has 2 aromatic carbocycles. The van der Waals surface area contributed by atoms with Gasteiger partial charge in [0.2, 0.25) is 0 Å². The lowest BCUT2D eigenvalue weighted by Crippen LogP contribution is -2.29. The second kappa shape index (κ2) is 10.2. The number of nitro groups is 1. The number of rotatable bonds is 8. The molecule has 3 rings (SSSR count). The van der Waals surface area contributed by atoms with Crippen LogP contribution in [0.1, 0.15) is 46.8 Å². The molecule has 0 aliphatic rings. The van der Waals surface area contributed by atoms with E-state index in [4.69, 9.17) is 8.89 Å². The fraction of sp³-hybridized carbons (Fsp3) is 0.375. The van der Waals surface area contributed by atoms with Crippen LogP contribution in [0.15, 0.2) is 77.0 Å². The number of aryl methyl sites for hydroxylation is 1. The van der Waals surface area contributed by atoms with Crippen LogP contribution in [-0.2, 0) is 19.8 Å². The number of non-ortho nitro benzene ring substituents is 1. The number of nitrogens with one attached hydrogen (secondary N) is 1. The maximum Gasteiger partial charge on any atom is 0.290 e. The zero-order chi connectivity index (χ0) is 27.6. The van der Waals surface area contributed by atoms with Crippen LogP contribution in [0.2, 0.25) is 0 Å². The summed E-state index contributed by atoms with van der Waals surface area (Å²) in [6.45, 7) is 11.5. The lowest BCUT2D eigenvalue weighted by Gasteiger charge is -2.31. The molecule has 1 unspecified atom stereocenters. The van der Waals surface area contributed by atoms with Crippen molar-refractivity contribution in [3.8, 4) is 0 Å². The van der Waals surface area contributed by atoms with E-state index in [2.05, 4.69) is 13.6 Å². The van der Waals surface area contributed by atoms with E-state index >= 15 is 0 Å². The van der Waals surface area contributed by atoms with Crippen LogP contribution in [-0.4, -0.2) is 24.0 Å². The van der Waals surface area contributed by atoms with E-state index in [9.17, 15) is 22.9 Å². The van der Waals surface area contributed by atoms with Crippen LogP contribution in [0.3, 0.4) is 0 Å². The summed E-state index contributed by atoms with van der Waals surface area (Å²) in [5, 5.41) is 15.0. The summed E-state index contributed by atoms with van der Waals surface area (Å²) >= 11 is 0. The molecule has 0 aliphatic heterocycles. The molecule has 0 bridgehead atoms. The SMILES string of the molecule is Cc1cc(NS(=NC(C)(C)CC(C)(C)C)(=NS(=O)(=O)c2ccc([N+](=O)[O-])cc2)c2ccc(F)cc2)no1. The minimum absolute atomic E-state index is 0.164. The Hall–Kier alpha value is -3.32. The van der Waals surface area contributed by atoms with Crippen molar-refractivity contribution in [1.82, 2.24) is 5.16 Å². The van der Waals surface area contributed by atoms with E-state index < -0.39 is 36.1 Å². The van der Waals surface area contributed by atoms with Crippen molar-refractivity contribution in [3.63, 3.8) is 0 Å². The Kier molecular flexibility index (Phi) is 7.80. The monoisotopic (exact) mass is 551 g/mol. The fourth-order valence-electron chi connectivity index (χ4n) is 4.01. The maximum atomic E-state index is 13.9. The predicted molar refractivity (Wildman–Crippen MR) is 140 cm³/mol. The van der Waals surface area contributed by atoms with Gasteiger partial charge in [0.05, 0.1) is 25.2 Å². The highest BCUT2D eigenvalue weighted by Crippen LogP contribution is 2.34. The van der Waals surface area contributed by atoms with Crippen LogP contribution in [0.5, 0.6) is 0 Å². The topological polar surface area (TPSA) is 140 Å². The van der Waals surface area contributed by atoms with Gasteiger partial charge in [-0.15, -0.1) is 3.77 Å². The number of anilines is 1. The molecule has 0 radical (unpaired) electrons. The number of halogens is 1. The highest BCUT2D eigenvalue weighted by Gasteiger charge is 2.30. The van der Waals surface area contributed by atoms with Gasteiger partial charge in [0.1, 0.15) is 11.6 Å². The third kappa shape index (κ3) is 7.35. The van der Waals surface area contributed by atoms with Crippen LogP contribution >= 0.6 is 0 Å². The molecule has 1 aromatic heterocycles. The van der Waals surface area contributed by atoms with Crippen molar-refractivity contribution in [3.05, 3.63) is 76.3 Å². The molecule has 0 fully saturated rings. The Bertz CT molecular complexity index is 1510. The molecule has 0 aliphatic carbocycles. The third-order valence-corrected chi connectivity index (χ3v) is 9.61. The third-order valence-electron chi connectivity index (χ3n) is 4.91. The Labute approximate surface area is 216 Å². The van der Waals surface area contributed by atoms with Crippen molar-refractivity contribution in [2.24, 2.45) is 13.5 Å². The first-order chi connectivity index (χ1) is 17.0. The van der Waals surface area contributed by atoms with Gasteiger partial charge in [0, 0.05) is 23.1 Å². The average molecular weight is 552 g/mol. The number of hydrogen-bond donors (Lipinski definition) is 1. The molecule has 0 saturated heterocycles. The lowest BCUT2D eigenvalue weighted by molar-refractivity contribution is -0.384. The minimum atomic E-state index is -4.42. The Morgan fingerprint density at radius 3 is 2.08 bits per heavy atom. The van der Waals surface area contributed by atoms with Gasteiger partial charge in [-0.3, -0.25) is 14.8 Å². The molecule has 13 heteroatoms. The van der Waals surface area contributed by atoms with E-state index in [1.54, 1.807) is 13.0 Å². The van der Waals surface area contributed by atoms with Crippen molar-refractivity contribution in [2.75, 3.05) is 4.72 Å². The highest BCUT2D eigenvalue weighted by atomic mass is 32.3. The van der Waals surface area contributed by atoms with E-state index in [1.807, 2.05) is 34.6 Å². The van der Waals surface area contributed by atoms with E-state index in [-0.39, 0.29) is 21.8 Å². The first-order valence-corrected chi connectivity index (χ1v) is 14.3. The number of benzene rings is 2.